The molecule has 0 atom stereocenters. The molecule has 3 aromatic rings. The van der Waals surface area contributed by atoms with E-state index in [4.69, 9.17) is 14.3 Å². The number of benzene rings is 2. The normalized spacial score (nSPS) is 10.7. The summed E-state index contributed by atoms with van der Waals surface area (Å²) >= 11 is 0. The van der Waals surface area contributed by atoms with Crippen molar-refractivity contribution < 1.29 is 19.1 Å². The van der Waals surface area contributed by atoms with Crippen LogP contribution in [0.2, 0.25) is 0 Å². The van der Waals surface area contributed by atoms with Crippen molar-refractivity contribution in [3.63, 3.8) is 0 Å². The van der Waals surface area contributed by atoms with E-state index in [-0.39, 0.29) is 52.2 Å². The second kappa shape index (κ2) is 6.74. The molecule has 0 amide bonds. The van der Waals surface area contributed by atoms with Crippen LogP contribution in [0.3, 0.4) is 0 Å². The molecule has 0 saturated heterocycles. The van der Waals surface area contributed by atoms with Crippen LogP contribution in [0, 0.1) is 0 Å². The quantitative estimate of drug-likeness (QED) is 0.593. The summed E-state index contributed by atoms with van der Waals surface area (Å²) in [6, 6.07) is 9.24. The zero-order valence-electron chi connectivity index (χ0n) is 12.1. The van der Waals surface area contributed by atoms with Crippen molar-refractivity contribution >= 4 is 57.5 Å². The molecule has 6 heteroatoms. The van der Waals surface area contributed by atoms with Gasteiger partial charge in [-0.05, 0) is 50.2 Å². The molecule has 23 heavy (non-hydrogen) atoms. The van der Waals surface area contributed by atoms with Crippen molar-refractivity contribution in [2.24, 2.45) is 0 Å². The molecule has 5 nitrogen and oxygen atoms in total. The van der Waals surface area contributed by atoms with Crippen molar-refractivity contribution in [3.8, 4) is 5.75 Å². The van der Waals surface area contributed by atoms with Crippen LogP contribution >= 0.6 is 0 Å². The van der Waals surface area contributed by atoms with Crippen LogP contribution in [0.25, 0.3) is 21.9 Å². The molecule has 0 fully saturated rings. The number of fused-ring (bicyclic) bond motifs is 2. The fourth-order valence-electron chi connectivity index (χ4n) is 2.31. The predicted molar refractivity (Wildman–Crippen MR) is 89.9 cm³/mol. The van der Waals surface area contributed by atoms with Crippen LogP contribution in [0.5, 0.6) is 5.75 Å². The third-order valence-corrected chi connectivity index (χ3v) is 3.26. The fraction of sp³-hybridized carbons (Fsp3) is 0.176. The van der Waals surface area contributed by atoms with Gasteiger partial charge in [-0.2, -0.15) is 0 Å². The van der Waals surface area contributed by atoms with E-state index in [2.05, 4.69) is 0 Å². The molecule has 3 rings (SSSR count). The van der Waals surface area contributed by atoms with E-state index in [1.54, 1.807) is 18.2 Å². The predicted octanol–water partition coefficient (Wildman–Crippen LogP) is 2.78. The zero-order chi connectivity index (χ0) is 15.9. The first kappa shape index (κ1) is 17.5. The molecule has 0 radical (unpaired) electrons. The minimum absolute atomic E-state index is 0. The number of carbonyl (C=O) groups is 1. The summed E-state index contributed by atoms with van der Waals surface area (Å²) < 4.78 is 11.2. The molecule has 0 aliphatic rings. The topological polar surface area (TPSA) is 76.7 Å². The van der Waals surface area contributed by atoms with Gasteiger partial charge in [0.25, 0.3) is 0 Å². The monoisotopic (exact) mass is 322 g/mol. The van der Waals surface area contributed by atoms with Gasteiger partial charge in [-0.25, -0.2) is 4.79 Å². The molecular formula is C17H15NaO5. The number of ether oxygens (including phenoxy) is 1. The number of hydrogen-bond donors (Lipinski definition) is 1. The zero-order valence-corrected chi connectivity index (χ0v) is 12.1. The van der Waals surface area contributed by atoms with Crippen molar-refractivity contribution in [1.29, 1.82) is 0 Å². The Balaban J connectivity index is 0.00000192. The summed E-state index contributed by atoms with van der Waals surface area (Å²) in [4.78, 5) is 23.5. The molecule has 0 bridgehead atoms. The molecule has 114 valence electrons. The number of carboxylic acid groups (broad SMARTS) is 1. The number of hydrogen-bond acceptors (Lipinski definition) is 4. The Morgan fingerprint density at radius 2 is 1.83 bits per heavy atom. The molecule has 1 aromatic heterocycles. The van der Waals surface area contributed by atoms with Gasteiger partial charge in [0.15, 0.2) is 0 Å². The van der Waals surface area contributed by atoms with Crippen molar-refractivity contribution in [1.82, 2.24) is 0 Å². The molecule has 0 aliphatic carbocycles. The Morgan fingerprint density at radius 3 is 2.48 bits per heavy atom. The second-order valence-corrected chi connectivity index (χ2v) is 5.27. The average molecular weight is 322 g/mol. The van der Waals surface area contributed by atoms with E-state index in [0.717, 1.165) is 0 Å². The third kappa shape index (κ3) is 3.42. The van der Waals surface area contributed by atoms with Crippen LogP contribution in [-0.2, 0) is 0 Å². The first-order valence-electron chi connectivity index (χ1n) is 6.86. The molecule has 0 aliphatic heterocycles. The average Bonchev–Trinajstić information content (AvgIpc) is 2.47. The first-order chi connectivity index (χ1) is 10.5. The standard InChI is InChI=1S/C17H14O5.Na.H/c1-9(2)21-11-4-6-14-13(8-11)16(18)12-5-3-10(17(19)20)7-15(12)22-14;;/h3-9H,1-2H3,(H,19,20);;. The van der Waals surface area contributed by atoms with Gasteiger partial charge in [0, 0.05) is 0 Å². The van der Waals surface area contributed by atoms with E-state index < -0.39 is 5.97 Å². The van der Waals surface area contributed by atoms with Crippen molar-refractivity contribution in [2.45, 2.75) is 20.0 Å². The summed E-state index contributed by atoms with van der Waals surface area (Å²) in [5.41, 5.74) is 0.531. The number of rotatable bonds is 3. The third-order valence-electron chi connectivity index (χ3n) is 3.26. The van der Waals surface area contributed by atoms with Gasteiger partial charge < -0.3 is 14.3 Å². The summed E-state index contributed by atoms with van der Waals surface area (Å²) in [5, 5.41) is 9.77. The Kier molecular flexibility index (Phi) is 5.14. The molecule has 1 heterocycles. The Hall–Kier alpha value is -1.82. The van der Waals surface area contributed by atoms with Gasteiger partial charge in [0.2, 0.25) is 5.43 Å². The van der Waals surface area contributed by atoms with E-state index in [9.17, 15) is 9.59 Å². The van der Waals surface area contributed by atoms with Crippen LogP contribution < -0.4 is 10.2 Å². The SMILES string of the molecule is CC(C)Oc1ccc2oc3cc(C(=O)O)ccc3c(=O)c2c1.[NaH]. The summed E-state index contributed by atoms with van der Waals surface area (Å²) in [7, 11) is 0. The number of aromatic carboxylic acids is 1. The van der Waals surface area contributed by atoms with E-state index in [0.29, 0.717) is 22.1 Å². The second-order valence-electron chi connectivity index (χ2n) is 5.27. The summed E-state index contributed by atoms with van der Waals surface area (Å²) in [6.45, 7) is 3.81. The maximum absolute atomic E-state index is 12.5. The van der Waals surface area contributed by atoms with Crippen LogP contribution in [-0.4, -0.2) is 46.7 Å². The Morgan fingerprint density at radius 1 is 1.09 bits per heavy atom. The molecular weight excluding hydrogens is 307 g/mol. The van der Waals surface area contributed by atoms with Crippen molar-refractivity contribution in [3.05, 3.63) is 52.2 Å². The molecule has 1 N–H and O–H groups in total. The Bertz CT molecular complexity index is 943. The van der Waals surface area contributed by atoms with E-state index >= 15 is 0 Å². The van der Waals surface area contributed by atoms with Gasteiger partial charge in [0.1, 0.15) is 16.9 Å². The molecule has 0 saturated carbocycles. The van der Waals surface area contributed by atoms with Crippen LogP contribution in [0.1, 0.15) is 24.2 Å². The minimum atomic E-state index is -1.06. The van der Waals surface area contributed by atoms with E-state index in [1.165, 1.54) is 18.2 Å². The summed E-state index contributed by atoms with van der Waals surface area (Å²) in [5.74, 6) is -0.471. The number of carboxylic acids is 1. The van der Waals surface area contributed by atoms with Gasteiger partial charge in [0.05, 0.1) is 22.4 Å². The maximum atomic E-state index is 12.5. The molecule has 2 aromatic carbocycles. The van der Waals surface area contributed by atoms with Gasteiger partial charge in [-0.3, -0.25) is 4.79 Å². The van der Waals surface area contributed by atoms with Crippen LogP contribution in [0.15, 0.2) is 45.6 Å². The van der Waals surface area contributed by atoms with Crippen molar-refractivity contribution in [2.75, 3.05) is 0 Å². The molecule has 0 spiro atoms. The molecule has 0 unspecified atom stereocenters. The van der Waals surface area contributed by atoms with Gasteiger partial charge in [-0.1, -0.05) is 0 Å². The van der Waals surface area contributed by atoms with Gasteiger partial charge >= 0.3 is 35.5 Å². The Labute approximate surface area is 154 Å². The van der Waals surface area contributed by atoms with Gasteiger partial charge in [-0.15, -0.1) is 0 Å². The van der Waals surface area contributed by atoms with Crippen LogP contribution in [0.4, 0.5) is 0 Å². The summed E-state index contributed by atoms with van der Waals surface area (Å²) in [6.07, 6.45) is 0.00284. The van der Waals surface area contributed by atoms with E-state index in [1.807, 2.05) is 13.8 Å². The fourth-order valence-corrected chi connectivity index (χ4v) is 2.31. The first-order valence-corrected chi connectivity index (χ1v) is 6.86.